The maximum Gasteiger partial charge on any atom is 0.232 e. The quantitative estimate of drug-likeness (QED) is 0.813. The van der Waals surface area contributed by atoms with E-state index in [2.05, 4.69) is 17.6 Å². The van der Waals surface area contributed by atoms with Gasteiger partial charge in [-0.1, -0.05) is 6.92 Å². The van der Waals surface area contributed by atoms with E-state index in [1.807, 2.05) is 13.2 Å². The summed E-state index contributed by atoms with van der Waals surface area (Å²) in [6.07, 6.45) is 4.38. The molecule has 0 bridgehead atoms. The Balaban J connectivity index is 0.00000225. The molecule has 1 fully saturated rings. The monoisotopic (exact) mass is 266 g/mol. The first-order valence-corrected chi connectivity index (χ1v) is 6.87. The summed E-state index contributed by atoms with van der Waals surface area (Å²) in [5.74, 6) is 0.161. The van der Waals surface area contributed by atoms with Crippen molar-refractivity contribution >= 4 is 30.1 Å². The van der Waals surface area contributed by atoms with Crippen molar-refractivity contribution in [2.24, 2.45) is 5.41 Å². The molecule has 2 unspecified atom stereocenters. The van der Waals surface area contributed by atoms with Crippen molar-refractivity contribution in [2.45, 2.75) is 31.9 Å². The van der Waals surface area contributed by atoms with Crippen LogP contribution in [0.15, 0.2) is 0 Å². The maximum absolute atomic E-state index is 11.6. The minimum Gasteiger partial charge on any atom is -0.355 e. The number of hydrogen-bond donors (Lipinski definition) is 2. The van der Waals surface area contributed by atoms with Crippen molar-refractivity contribution in [3.63, 3.8) is 0 Å². The van der Waals surface area contributed by atoms with Gasteiger partial charge in [-0.2, -0.15) is 11.8 Å². The molecule has 0 aromatic carbocycles. The molecular weight excluding hydrogens is 244 g/mol. The number of hydrogen-bond acceptors (Lipinski definition) is 3. The van der Waals surface area contributed by atoms with Crippen LogP contribution in [0.4, 0.5) is 0 Å². The third-order valence-electron chi connectivity index (χ3n) is 3.10. The van der Waals surface area contributed by atoms with Gasteiger partial charge in [0, 0.05) is 13.1 Å². The number of nitrogens with one attached hydrogen (secondary N) is 2. The molecular formula is C11H23ClN2OS. The lowest BCUT2D eigenvalue weighted by molar-refractivity contribution is -0.120. The molecule has 1 saturated heterocycles. The Labute approximate surface area is 109 Å². The van der Waals surface area contributed by atoms with E-state index in [1.54, 1.807) is 11.8 Å². The number of thioether (sulfide) groups is 1. The van der Waals surface area contributed by atoms with Crippen molar-refractivity contribution in [3.05, 3.63) is 0 Å². The fraction of sp³-hybridized carbons (Fsp3) is 0.909. The van der Waals surface area contributed by atoms with E-state index in [1.165, 1.54) is 12.8 Å². The molecule has 16 heavy (non-hydrogen) atoms. The molecule has 5 heteroatoms. The highest BCUT2D eigenvalue weighted by atomic mass is 35.5. The maximum atomic E-state index is 11.6. The highest BCUT2D eigenvalue weighted by Gasteiger charge is 2.27. The zero-order valence-corrected chi connectivity index (χ0v) is 12.0. The van der Waals surface area contributed by atoms with Gasteiger partial charge < -0.3 is 10.6 Å². The van der Waals surface area contributed by atoms with Crippen molar-refractivity contribution in [3.8, 4) is 0 Å². The van der Waals surface area contributed by atoms with Crippen molar-refractivity contribution in [1.29, 1.82) is 0 Å². The Bertz CT molecular complexity index is 220. The molecule has 1 heterocycles. The molecule has 0 radical (unpaired) electrons. The minimum atomic E-state index is 0. The molecule has 1 aliphatic rings. The van der Waals surface area contributed by atoms with Gasteiger partial charge in [0.05, 0.1) is 5.25 Å². The van der Waals surface area contributed by atoms with Gasteiger partial charge in [0.15, 0.2) is 0 Å². The van der Waals surface area contributed by atoms with E-state index in [4.69, 9.17) is 0 Å². The molecule has 96 valence electrons. The Morgan fingerprint density at radius 2 is 2.31 bits per heavy atom. The molecule has 2 N–H and O–H groups in total. The summed E-state index contributed by atoms with van der Waals surface area (Å²) < 4.78 is 0. The fourth-order valence-electron chi connectivity index (χ4n) is 1.82. The second-order valence-electron chi connectivity index (χ2n) is 4.69. The van der Waals surface area contributed by atoms with Crippen LogP contribution >= 0.6 is 24.2 Å². The van der Waals surface area contributed by atoms with Gasteiger partial charge in [-0.15, -0.1) is 12.4 Å². The summed E-state index contributed by atoms with van der Waals surface area (Å²) >= 11 is 1.59. The van der Waals surface area contributed by atoms with E-state index in [0.717, 1.165) is 19.6 Å². The van der Waals surface area contributed by atoms with Crippen LogP contribution in [0.2, 0.25) is 0 Å². The van der Waals surface area contributed by atoms with Crippen LogP contribution in [-0.2, 0) is 4.79 Å². The van der Waals surface area contributed by atoms with Crippen molar-refractivity contribution < 1.29 is 4.79 Å². The predicted octanol–water partition coefficient (Wildman–Crippen LogP) is 1.67. The second kappa shape index (κ2) is 7.41. The van der Waals surface area contributed by atoms with Gasteiger partial charge in [-0.3, -0.25) is 4.79 Å². The highest BCUT2D eigenvalue weighted by Crippen LogP contribution is 2.24. The van der Waals surface area contributed by atoms with Crippen LogP contribution in [0.3, 0.4) is 0 Å². The van der Waals surface area contributed by atoms with Gasteiger partial charge in [0.25, 0.3) is 0 Å². The molecule has 1 amide bonds. The van der Waals surface area contributed by atoms with E-state index in [0.29, 0.717) is 0 Å². The summed E-state index contributed by atoms with van der Waals surface area (Å²) in [7, 11) is 0. The molecule has 0 aromatic rings. The highest BCUT2D eigenvalue weighted by molar-refractivity contribution is 7.99. The number of piperidine rings is 1. The smallest absolute Gasteiger partial charge is 0.232 e. The number of amides is 1. The lowest BCUT2D eigenvalue weighted by Crippen LogP contribution is -2.46. The molecule has 0 aliphatic carbocycles. The number of carbonyl (C=O) groups is 1. The molecule has 1 aliphatic heterocycles. The summed E-state index contributed by atoms with van der Waals surface area (Å²) in [5, 5.41) is 6.49. The first-order valence-electron chi connectivity index (χ1n) is 5.59. The average Bonchev–Trinajstić information content (AvgIpc) is 2.26. The number of rotatable bonds is 4. The second-order valence-corrected chi connectivity index (χ2v) is 5.87. The minimum absolute atomic E-state index is 0. The first-order chi connectivity index (χ1) is 7.07. The summed E-state index contributed by atoms with van der Waals surface area (Å²) in [5.41, 5.74) is 0.242. The van der Waals surface area contributed by atoms with Crippen molar-refractivity contribution in [2.75, 3.05) is 25.9 Å². The molecule has 0 saturated carbocycles. The average molecular weight is 267 g/mol. The van der Waals surface area contributed by atoms with Crippen LogP contribution in [0.25, 0.3) is 0 Å². The predicted molar refractivity (Wildman–Crippen MR) is 73.4 cm³/mol. The van der Waals surface area contributed by atoms with Crippen molar-refractivity contribution in [1.82, 2.24) is 10.6 Å². The topological polar surface area (TPSA) is 41.1 Å². The normalized spacial score (nSPS) is 26.7. The lowest BCUT2D eigenvalue weighted by atomic mass is 9.83. The molecule has 3 nitrogen and oxygen atoms in total. The van der Waals surface area contributed by atoms with E-state index >= 15 is 0 Å². The van der Waals surface area contributed by atoms with E-state index in [-0.39, 0.29) is 29.0 Å². The Morgan fingerprint density at radius 3 is 2.81 bits per heavy atom. The summed E-state index contributed by atoms with van der Waals surface area (Å²) in [6.45, 7) is 7.11. The van der Waals surface area contributed by atoms with E-state index < -0.39 is 0 Å². The summed E-state index contributed by atoms with van der Waals surface area (Å²) in [6, 6.07) is 0. The SMILES string of the molecule is CSC(C)C(=O)NCC1(C)CCCNC1.Cl. The van der Waals surface area contributed by atoms with Gasteiger partial charge >= 0.3 is 0 Å². The van der Waals surface area contributed by atoms with E-state index in [9.17, 15) is 4.79 Å². The van der Waals surface area contributed by atoms with Gasteiger partial charge in [-0.25, -0.2) is 0 Å². The zero-order valence-electron chi connectivity index (χ0n) is 10.3. The van der Waals surface area contributed by atoms with Crippen LogP contribution in [-0.4, -0.2) is 37.0 Å². The van der Waals surface area contributed by atoms with Crippen LogP contribution in [0.1, 0.15) is 26.7 Å². The van der Waals surface area contributed by atoms with Gasteiger partial charge in [0.1, 0.15) is 0 Å². The first kappa shape index (κ1) is 16.1. The number of halogens is 1. The van der Waals surface area contributed by atoms with Crippen LogP contribution < -0.4 is 10.6 Å². The Morgan fingerprint density at radius 1 is 1.62 bits per heavy atom. The number of carbonyl (C=O) groups excluding carboxylic acids is 1. The zero-order chi connectivity index (χ0) is 11.3. The summed E-state index contributed by atoms with van der Waals surface area (Å²) in [4.78, 5) is 11.6. The van der Waals surface area contributed by atoms with Crippen LogP contribution in [0.5, 0.6) is 0 Å². The molecule has 1 rings (SSSR count). The molecule has 0 aromatic heterocycles. The van der Waals surface area contributed by atoms with Crippen LogP contribution in [0, 0.1) is 5.41 Å². The molecule has 2 atom stereocenters. The third kappa shape index (κ3) is 4.93. The van der Waals surface area contributed by atoms with Gasteiger partial charge in [-0.05, 0) is 38.0 Å². The molecule has 0 spiro atoms. The lowest BCUT2D eigenvalue weighted by Gasteiger charge is -2.34. The third-order valence-corrected chi connectivity index (χ3v) is 4.02. The Kier molecular flexibility index (Phi) is 7.44. The fourth-order valence-corrected chi connectivity index (χ4v) is 2.12. The Hall–Kier alpha value is 0.0700. The van der Waals surface area contributed by atoms with Gasteiger partial charge in [0.2, 0.25) is 5.91 Å². The standard InChI is InChI=1S/C11H22N2OS.ClH/c1-9(15-3)10(14)13-8-11(2)5-4-6-12-7-11;/h9,12H,4-8H2,1-3H3,(H,13,14);1H. The largest absolute Gasteiger partial charge is 0.355 e.